The summed E-state index contributed by atoms with van der Waals surface area (Å²) in [7, 11) is 3.27. The third kappa shape index (κ3) is 4.20. The van der Waals surface area contributed by atoms with Gasteiger partial charge in [0.2, 0.25) is 0 Å². The van der Waals surface area contributed by atoms with Crippen molar-refractivity contribution in [2.45, 2.75) is 13.3 Å². The van der Waals surface area contributed by atoms with E-state index in [-0.39, 0.29) is 0 Å². The van der Waals surface area contributed by atoms with Gasteiger partial charge in [0.15, 0.2) is 11.5 Å². The summed E-state index contributed by atoms with van der Waals surface area (Å²) in [6.45, 7) is 2.68. The number of H-pyrrole nitrogens is 1. The molecule has 0 unspecified atom stereocenters. The fourth-order valence-corrected chi connectivity index (χ4v) is 3.13. The van der Waals surface area contributed by atoms with Crippen LogP contribution in [0.5, 0.6) is 11.5 Å². The van der Waals surface area contributed by atoms with Crippen LogP contribution in [0.25, 0.3) is 17.7 Å². The van der Waals surface area contributed by atoms with Crippen molar-refractivity contribution < 1.29 is 9.47 Å². The second-order valence-electron chi connectivity index (χ2n) is 6.27. The molecule has 1 aliphatic heterocycles. The van der Waals surface area contributed by atoms with Crippen LogP contribution in [-0.4, -0.2) is 32.0 Å². The van der Waals surface area contributed by atoms with Crippen LogP contribution in [-0.2, 0) is 0 Å². The summed E-state index contributed by atoms with van der Waals surface area (Å²) in [5.41, 5.74) is 12.3. The molecule has 5 heteroatoms. The van der Waals surface area contributed by atoms with E-state index >= 15 is 0 Å². The summed E-state index contributed by atoms with van der Waals surface area (Å²) in [6.07, 6.45) is 10.6. The Morgan fingerprint density at radius 2 is 1.96 bits per heavy atom. The van der Waals surface area contributed by atoms with Crippen molar-refractivity contribution in [3.8, 4) is 11.5 Å². The second kappa shape index (κ2) is 8.56. The Morgan fingerprint density at radius 3 is 2.63 bits per heavy atom. The van der Waals surface area contributed by atoms with Crippen molar-refractivity contribution >= 4 is 23.9 Å². The standard InChI is InChI=1S/C22H25N3O2/c1-15-13-17(8-6-16-7-9-20(26-2)21(14-16)27-3)25-22(15)18(10-11-23)19-5-4-12-24-19/h4-9,12-14,25H,10-11,23H2,1-3H3/b8-6+,19-18?. The third-order valence-corrected chi connectivity index (χ3v) is 4.46. The van der Waals surface area contributed by atoms with Crippen molar-refractivity contribution in [2.75, 3.05) is 20.8 Å². The first kappa shape index (κ1) is 18.7. The molecule has 0 atom stereocenters. The highest BCUT2D eigenvalue weighted by Crippen LogP contribution is 2.30. The number of aromatic nitrogens is 1. The van der Waals surface area contributed by atoms with E-state index < -0.39 is 0 Å². The molecule has 1 aromatic carbocycles. The minimum Gasteiger partial charge on any atom is -0.493 e. The molecule has 0 fully saturated rings. The van der Waals surface area contributed by atoms with Crippen molar-refractivity contribution in [3.63, 3.8) is 0 Å². The topological polar surface area (TPSA) is 72.6 Å². The maximum atomic E-state index is 5.82. The van der Waals surface area contributed by atoms with Crippen molar-refractivity contribution in [1.29, 1.82) is 0 Å². The molecule has 0 amide bonds. The number of methoxy groups -OCH3 is 2. The molecule has 2 heterocycles. The van der Waals surface area contributed by atoms with Crippen LogP contribution in [0.4, 0.5) is 0 Å². The van der Waals surface area contributed by atoms with Gasteiger partial charge in [-0.15, -0.1) is 0 Å². The maximum Gasteiger partial charge on any atom is 0.161 e. The second-order valence-corrected chi connectivity index (χ2v) is 6.27. The SMILES string of the molecule is COc1ccc(/C=C/c2cc(C)c(C(CCN)=C3C=CC=N3)[nH]2)cc1OC. The molecule has 1 aliphatic rings. The first-order chi connectivity index (χ1) is 13.2. The third-order valence-electron chi connectivity index (χ3n) is 4.46. The molecule has 0 radical (unpaired) electrons. The molecule has 0 aliphatic carbocycles. The van der Waals surface area contributed by atoms with Crippen molar-refractivity contribution in [3.05, 3.63) is 64.6 Å². The van der Waals surface area contributed by atoms with Crippen LogP contribution in [0.15, 0.2) is 47.1 Å². The first-order valence-electron chi connectivity index (χ1n) is 8.90. The molecule has 3 rings (SSSR count). The number of hydrogen-bond acceptors (Lipinski definition) is 4. The Morgan fingerprint density at radius 1 is 1.15 bits per heavy atom. The molecule has 2 aromatic rings. The summed E-state index contributed by atoms with van der Waals surface area (Å²) in [6, 6.07) is 7.98. The van der Waals surface area contributed by atoms with Gasteiger partial charge in [0.1, 0.15) is 0 Å². The number of allylic oxidation sites excluding steroid dienone is 2. The number of aryl methyl sites for hydroxylation is 1. The molecule has 0 saturated heterocycles. The van der Waals surface area contributed by atoms with E-state index in [1.165, 1.54) is 5.56 Å². The fraction of sp³-hybridized carbons (Fsp3) is 0.227. The molecule has 3 N–H and O–H groups in total. The molecule has 0 spiro atoms. The van der Waals surface area contributed by atoms with E-state index in [4.69, 9.17) is 15.2 Å². The zero-order valence-electron chi connectivity index (χ0n) is 16.0. The maximum absolute atomic E-state index is 5.82. The molecule has 27 heavy (non-hydrogen) atoms. The summed E-state index contributed by atoms with van der Waals surface area (Å²) in [5.74, 6) is 1.43. The lowest BCUT2D eigenvalue weighted by Gasteiger charge is -2.08. The highest BCUT2D eigenvalue weighted by atomic mass is 16.5. The van der Waals surface area contributed by atoms with Crippen LogP contribution in [0.2, 0.25) is 0 Å². The molecule has 5 nitrogen and oxygen atoms in total. The first-order valence-corrected chi connectivity index (χ1v) is 8.90. The zero-order chi connectivity index (χ0) is 19.2. The Hall–Kier alpha value is -3.05. The van der Waals surface area contributed by atoms with Gasteiger partial charge in [-0.1, -0.05) is 12.1 Å². The van der Waals surface area contributed by atoms with Gasteiger partial charge in [-0.3, -0.25) is 4.99 Å². The highest BCUT2D eigenvalue weighted by Gasteiger charge is 2.13. The normalized spacial score (nSPS) is 15.0. The Bertz CT molecular complexity index is 919. The van der Waals surface area contributed by atoms with Gasteiger partial charge in [0, 0.05) is 23.2 Å². The predicted molar refractivity (Wildman–Crippen MR) is 112 cm³/mol. The van der Waals surface area contributed by atoms with Crippen LogP contribution in [0.3, 0.4) is 0 Å². The van der Waals surface area contributed by atoms with Crippen LogP contribution >= 0.6 is 0 Å². The molecule has 140 valence electrons. The van der Waals surface area contributed by atoms with Gasteiger partial charge in [-0.2, -0.15) is 0 Å². The quantitative estimate of drug-likeness (QED) is 0.774. The Kier molecular flexibility index (Phi) is 5.94. The van der Waals surface area contributed by atoms with Gasteiger partial charge in [0.05, 0.1) is 19.9 Å². The highest BCUT2D eigenvalue weighted by molar-refractivity contribution is 5.83. The van der Waals surface area contributed by atoms with E-state index in [1.54, 1.807) is 14.2 Å². The minimum absolute atomic E-state index is 0.581. The molecular weight excluding hydrogens is 338 g/mol. The molecule has 0 saturated carbocycles. The number of benzene rings is 1. The van der Waals surface area contributed by atoms with E-state index in [1.807, 2.05) is 42.6 Å². The van der Waals surface area contributed by atoms with Gasteiger partial charge < -0.3 is 20.2 Å². The van der Waals surface area contributed by atoms with Crippen LogP contribution in [0.1, 0.15) is 28.9 Å². The monoisotopic (exact) mass is 363 g/mol. The largest absolute Gasteiger partial charge is 0.493 e. The van der Waals surface area contributed by atoms with Crippen molar-refractivity contribution in [1.82, 2.24) is 4.98 Å². The Balaban J connectivity index is 1.88. The van der Waals surface area contributed by atoms with E-state index in [9.17, 15) is 0 Å². The summed E-state index contributed by atoms with van der Waals surface area (Å²) >= 11 is 0. The summed E-state index contributed by atoms with van der Waals surface area (Å²) in [5, 5.41) is 0. The lowest BCUT2D eigenvalue weighted by molar-refractivity contribution is 0.355. The Labute approximate surface area is 159 Å². The van der Waals surface area contributed by atoms with Crippen LogP contribution in [0, 0.1) is 6.92 Å². The number of hydrogen-bond donors (Lipinski definition) is 2. The predicted octanol–water partition coefficient (Wildman–Crippen LogP) is 4.21. The van der Waals surface area contributed by atoms with E-state index in [0.29, 0.717) is 12.3 Å². The number of nitrogens with one attached hydrogen (secondary N) is 1. The fourth-order valence-electron chi connectivity index (χ4n) is 3.13. The van der Waals surface area contributed by atoms with Gasteiger partial charge in [-0.25, -0.2) is 0 Å². The van der Waals surface area contributed by atoms with Gasteiger partial charge >= 0.3 is 0 Å². The number of nitrogens with zero attached hydrogens (tertiary/aromatic N) is 1. The molecular formula is C22H25N3O2. The average Bonchev–Trinajstić information content (AvgIpc) is 3.34. The number of nitrogens with two attached hydrogens (primary N) is 1. The summed E-state index contributed by atoms with van der Waals surface area (Å²) < 4.78 is 10.6. The lowest BCUT2D eigenvalue weighted by Crippen LogP contribution is -2.02. The number of ether oxygens (including phenoxy) is 2. The number of aromatic amines is 1. The smallest absolute Gasteiger partial charge is 0.161 e. The van der Waals surface area contributed by atoms with E-state index in [0.717, 1.165) is 40.4 Å². The average molecular weight is 363 g/mol. The zero-order valence-corrected chi connectivity index (χ0v) is 16.0. The van der Waals surface area contributed by atoms with Gasteiger partial charge in [0.25, 0.3) is 0 Å². The molecule has 1 aromatic heterocycles. The van der Waals surface area contributed by atoms with Crippen molar-refractivity contribution in [2.24, 2.45) is 10.7 Å². The van der Waals surface area contributed by atoms with Gasteiger partial charge in [-0.05, 0) is 67.4 Å². The van der Waals surface area contributed by atoms with E-state index in [2.05, 4.69) is 29.0 Å². The molecule has 0 bridgehead atoms. The lowest BCUT2D eigenvalue weighted by atomic mass is 10.0. The van der Waals surface area contributed by atoms with Crippen LogP contribution < -0.4 is 15.2 Å². The number of rotatable bonds is 7. The minimum atomic E-state index is 0.581. The summed E-state index contributed by atoms with van der Waals surface area (Å²) in [4.78, 5) is 7.94. The number of aliphatic imine (C=N–C) groups is 1.